The van der Waals surface area contributed by atoms with Crippen LogP contribution in [0.4, 0.5) is 17.1 Å². The molecule has 0 radical (unpaired) electrons. The van der Waals surface area contributed by atoms with Crippen LogP contribution in [0.15, 0.2) is 180 Å². The van der Waals surface area contributed by atoms with Crippen LogP contribution in [0.2, 0.25) is 0 Å². The van der Waals surface area contributed by atoms with Gasteiger partial charge in [0.15, 0.2) is 0 Å². The number of nitrogens with zero attached hydrogens (tertiary/aromatic N) is 2. The summed E-state index contributed by atoms with van der Waals surface area (Å²) < 4.78 is 6.12. The third kappa shape index (κ3) is 4.60. The van der Waals surface area contributed by atoms with Crippen LogP contribution in [0.1, 0.15) is 0 Å². The average Bonchev–Trinajstić information content (AvgIpc) is 3.69. The summed E-state index contributed by atoms with van der Waals surface area (Å²) >= 11 is 5.74. The molecule has 2 heterocycles. The van der Waals surface area contributed by atoms with E-state index >= 15 is 0 Å². The van der Waals surface area contributed by atoms with Gasteiger partial charge in [-0.1, -0.05) is 125 Å². The predicted octanol–water partition coefficient (Wildman–Crippen LogP) is 14.2. The van der Waals surface area contributed by atoms with Crippen molar-refractivity contribution in [3.05, 3.63) is 180 Å². The fourth-order valence-corrected chi connectivity index (χ4v) is 9.23. The van der Waals surface area contributed by atoms with Crippen molar-refractivity contribution in [2.75, 3.05) is 4.90 Å². The van der Waals surface area contributed by atoms with Crippen LogP contribution >= 0.6 is 27.3 Å². The molecule has 10 aromatic rings. The molecule has 50 heavy (non-hydrogen) atoms. The van der Waals surface area contributed by atoms with Crippen LogP contribution in [0.25, 0.3) is 69.6 Å². The molecule has 0 unspecified atom stereocenters. The van der Waals surface area contributed by atoms with Crippen LogP contribution in [0.3, 0.4) is 0 Å². The van der Waals surface area contributed by atoms with E-state index in [0.29, 0.717) is 0 Å². The first-order valence-corrected chi connectivity index (χ1v) is 18.4. The summed E-state index contributed by atoms with van der Waals surface area (Å²) in [6, 6.07) is 63.9. The van der Waals surface area contributed by atoms with Crippen molar-refractivity contribution >= 4 is 97.1 Å². The zero-order chi connectivity index (χ0) is 33.2. The van der Waals surface area contributed by atoms with Crippen LogP contribution < -0.4 is 4.90 Å². The summed E-state index contributed by atoms with van der Waals surface area (Å²) in [5.74, 6) is 0. The first-order chi connectivity index (χ1) is 24.7. The van der Waals surface area contributed by atoms with Gasteiger partial charge in [-0.15, -0.1) is 11.3 Å². The van der Waals surface area contributed by atoms with E-state index < -0.39 is 0 Å². The Labute approximate surface area is 302 Å². The smallest absolute Gasteiger partial charge is 0.0555 e. The Morgan fingerprint density at radius 1 is 0.440 bits per heavy atom. The Hall–Kier alpha value is -5.68. The second-order valence-electron chi connectivity index (χ2n) is 12.7. The molecule has 4 heteroatoms. The summed E-state index contributed by atoms with van der Waals surface area (Å²) in [5.41, 5.74) is 9.24. The molecule has 0 aliphatic carbocycles. The lowest BCUT2D eigenvalue weighted by atomic mass is 10.00. The van der Waals surface area contributed by atoms with E-state index in [2.05, 4.69) is 201 Å². The second-order valence-corrected chi connectivity index (χ2v) is 14.6. The van der Waals surface area contributed by atoms with Crippen molar-refractivity contribution in [1.29, 1.82) is 0 Å². The number of rotatable bonds is 5. The topological polar surface area (TPSA) is 8.17 Å². The number of halogens is 1. The molecule has 0 saturated carbocycles. The summed E-state index contributed by atoms with van der Waals surface area (Å²) in [7, 11) is 0. The fourth-order valence-electron chi connectivity index (χ4n) is 7.61. The molecule has 0 saturated heterocycles. The van der Waals surface area contributed by atoms with Crippen molar-refractivity contribution in [2.24, 2.45) is 0 Å². The van der Waals surface area contributed by atoms with E-state index in [4.69, 9.17) is 0 Å². The Morgan fingerprint density at radius 2 is 1.12 bits per heavy atom. The molecule has 0 aliphatic heterocycles. The Kier molecular flexibility index (Phi) is 6.86. The van der Waals surface area contributed by atoms with Gasteiger partial charge in [0.05, 0.1) is 22.4 Å². The second kappa shape index (κ2) is 11.7. The van der Waals surface area contributed by atoms with Crippen LogP contribution in [-0.4, -0.2) is 4.57 Å². The van der Waals surface area contributed by atoms with E-state index in [9.17, 15) is 0 Å². The molecular formula is C46H29BrN2S. The predicted molar refractivity (Wildman–Crippen MR) is 219 cm³/mol. The number of hydrogen-bond donors (Lipinski definition) is 0. The van der Waals surface area contributed by atoms with Crippen molar-refractivity contribution in [2.45, 2.75) is 0 Å². The van der Waals surface area contributed by atoms with Crippen molar-refractivity contribution in [1.82, 2.24) is 4.57 Å². The summed E-state index contributed by atoms with van der Waals surface area (Å²) in [4.78, 5) is 2.45. The molecule has 0 aliphatic rings. The molecule has 0 N–H and O–H groups in total. The lowest BCUT2D eigenvalue weighted by Crippen LogP contribution is -2.12. The molecule has 0 spiro atoms. The van der Waals surface area contributed by atoms with E-state index in [0.717, 1.165) is 38.3 Å². The maximum atomic E-state index is 3.87. The third-order valence-electron chi connectivity index (χ3n) is 9.84. The highest BCUT2D eigenvalue weighted by molar-refractivity contribution is 9.10. The minimum Gasteiger partial charge on any atom is -0.309 e. The van der Waals surface area contributed by atoms with Gasteiger partial charge >= 0.3 is 0 Å². The minimum atomic E-state index is 1.07. The molecule has 0 bridgehead atoms. The third-order valence-corrected chi connectivity index (χ3v) is 11.7. The average molecular weight is 722 g/mol. The maximum absolute atomic E-state index is 3.87. The zero-order valence-electron chi connectivity index (χ0n) is 26.9. The van der Waals surface area contributed by atoms with Gasteiger partial charge in [0.1, 0.15) is 0 Å². The van der Waals surface area contributed by atoms with E-state index in [1.807, 2.05) is 11.3 Å². The quantitative estimate of drug-likeness (QED) is 0.172. The molecule has 10 rings (SSSR count). The van der Waals surface area contributed by atoms with Gasteiger partial charge in [0, 0.05) is 57.7 Å². The van der Waals surface area contributed by atoms with Crippen LogP contribution in [0, 0.1) is 0 Å². The van der Waals surface area contributed by atoms with Gasteiger partial charge in [0.25, 0.3) is 0 Å². The minimum absolute atomic E-state index is 1.07. The molecule has 0 amide bonds. The number of hydrogen-bond acceptors (Lipinski definition) is 2. The molecule has 2 nitrogen and oxygen atoms in total. The van der Waals surface area contributed by atoms with Gasteiger partial charge in [-0.2, -0.15) is 0 Å². The highest BCUT2D eigenvalue weighted by Crippen LogP contribution is 2.47. The lowest BCUT2D eigenvalue weighted by molar-refractivity contribution is 1.18. The molecule has 8 aromatic carbocycles. The fraction of sp³-hybridized carbons (Fsp3) is 0. The maximum Gasteiger partial charge on any atom is 0.0555 e. The Balaban J connectivity index is 1.30. The van der Waals surface area contributed by atoms with Gasteiger partial charge in [-0.25, -0.2) is 0 Å². The summed E-state index contributed by atoms with van der Waals surface area (Å²) in [5, 5.41) is 7.50. The SMILES string of the molecule is Brc1ccccc1-c1ccccc1N(c1ccc2c(c1)c1cc3c(cc1n2-c1ccccc1)sc1ccccc13)c1cccc2ccccc12. The molecular weight excluding hydrogens is 692 g/mol. The number of fused-ring (bicyclic) bond motifs is 7. The summed E-state index contributed by atoms with van der Waals surface area (Å²) in [6.07, 6.45) is 0. The van der Waals surface area contributed by atoms with Gasteiger partial charge < -0.3 is 9.47 Å². The largest absolute Gasteiger partial charge is 0.309 e. The standard InChI is InChI=1S/C46H29BrN2S/c47-40-21-9-6-18-34(40)35-19-7-10-22-42(35)49(41-23-12-14-30-13-4-5-17-33(30)41)32-25-26-43-37(27-32)38-28-39-36-20-8-11-24-45(36)50-46(39)29-44(38)48(43)31-15-2-1-3-16-31/h1-29H. The monoisotopic (exact) mass is 720 g/mol. The van der Waals surface area contributed by atoms with Gasteiger partial charge in [-0.3, -0.25) is 0 Å². The first kappa shape index (κ1) is 29.3. The number of aromatic nitrogens is 1. The van der Waals surface area contributed by atoms with Crippen molar-refractivity contribution in [3.63, 3.8) is 0 Å². The van der Waals surface area contributed by atoms with Gasteiger partial charge in [0.2, 0.25) is 0 Å². The number of benzene rings is 8. The lowest BCUT2D eigenvalue weighted by Gasteiger charge is -2.29. The normalized spacial score (nSPS) is 11.7. The van der Waals surface area contributed by atoms with Gasteiger partial charge in [-0.05, 0) is 77.7 Å². The number of thiophene rings is 1. The van der Waals surface area contributed by atoms with Crippen LogP contribution in [0.5, 0.6) is 0 Å². The Morgan fingerprint density at radius 3 is 2.00 bits per heavy atom. The molecule has 236 valence electrons. The molecule has 0 fully saturated rings. The highest BCUT2D eigenvalue weighted by Gasteiger charge is 2.22. The van der Waals surface area contributed by atoms with Crippen molar-refractivity contribution < 1.29 is 0 Å². The van der Waals surface area contributed by atoms with Crippen molar-refractivity contribution in [3.8, 4) is 16.8 Å². The van der Waals surface area contributed by atoms with Crippen LogP contribution in [-0.2, 0) is 0 Å². The first-order valence-electron chi connectivity index (χ1n) is 16.8. The molecule has 2 aromatic heterocycles. The van der Waals surface area contributed by atoms with E-state index in [1.54, 1.807) is 0 Å². The summed E-state index contributed by atoms with van der Waals surface area (Å²) in [6.45, 7) is 0. The highest BCUT2D eigenvalue weighted by atomic mass is 79.9. The number of para-hydroxylation sites is 2. The number of anilines is 3. The molecule has 0 atom stereocenters. The van der Waals surface area contributed by atoms with E-state index in [1.165, 1.54) is 52.8 Å². The Bertz CT molecular complexity index is 2900. The van der Waals surface area contributed by atoms with E-state index in [-0.39, 0.29) is 0 Å². The zero-order valence-corrected chi connectivity index (χ0v) is 29.3.